The van der Waals surface area contributed by atoms with Crippen molar-refractivity contribution in [3.05, 3.63) is 29.8 Å². The van der Waals surface area contributed by atoms with Crippen LogP contribution in [-0.4, -0.2) is 43.8 Å². The normalized spacial score (nSPS) is 21.1. The first-order valence-electron chi connectivity index (χ1n) is 6.63. The molecule has 1 heterocycles. The summed E-state index contributed by atoms with van der Waals surface area (Å²) in [6.45, 7) is 2.18. The fourth-order valence-electron chi connectivity index (χ4n) is 2.44. The number of anilines is 1. The average Bonchev–Trinajstić information content (AvgIpc) is 2.72. The Hall–Kier alpha value is -1.40. The minimum atomic E-state index is -2.84. The highest BCUT2D eigenvalue weighted by Crippen LogP contribution is 2.19. The first kappa shape index (κ1) is 15.0. The highest BCUT2D eigenvalue weighted by molar-refractivity contribution is 7.91. The van der Waals surface area contributed by atoms with Gasteiger partial charge in [-0.25, -0.2) is 8.42 Å². The van der Waals surface area contributed by atoms with Gasteiger partial charge in [-0.3, -0.25) is 9.69 Å². The van der Waals surface area contributed by atoms with Gasteiger partial charge in [-0.2, -0.15) is 0 Å². The van der Waals surface area contributed by atoms with E-state index in [1.54, 1.807) is 0 Å². The lowest BCUT2D eigenvalue weighted by molar-refractivity contribution is -0.114. The maximum atomic E-state index is 11.5. The summed E-state index contributed by atoms with van der Waals surface area (Å²) >= 11 is 0. The maximum absolute atomic E-state index is 11.5. The van der Waals surface area contributed by atoms with Crippen molar-refractivity contribution >= 4 is 21.4 Å². The van der Waals surface area contributed by atoms with E-state index in [0.29, 0.717) is 18.7 Å². The third-order valence-corrected chi connectivity index (χ3v) is 5.29. The summed E-state index contributed by atoms with van der Waals surface area (Å²) in [5.74, 6) is 0.461. The standard InChI is InChI=1S/C14H20N2O3S/c1-11(17)15-13-5-3-12(4-6-13)9-16(2)14-7-8-20(18,19)10-14/h3-6,14H,7-10H2,1-2H3,(H,15,17). The van der Waals surface area contributed by atoms with E-state index in [2.05, 4.69) is 10.2 Å². The number of carbonyl (C=O) groups excluding carboxylic acids is 1. The molecule has 1 N–H and O–H groups in total. The lowest BCUT2D eigenvalue weighted by atomic mass is 10.1. The first-order valence-corrected chi connectivity index (χ1v) is 8.45. The molecule has 1 atom stereocenters. The molecule has 0 spiro atoms. The second-order valence-corrected chi connectivity index (χ2v) is 7.58. The molecule has 1 aromatic carbocycles. The topological polar surface area (TPSA) is 66.5 Å². The Labute approximate surface area is 119 Å². The summed E-state index contributed by atoms with van der Waals surface area (Å²) in [6, 6.07) is 7.72. The molecule has 1 unspecified atom stereocenters. The smallest absolute Gasteiger partial charge is 0.221 e. The van der Waals surface area contributed by atoms with Gasteiger partial charge in [0.15, 0.2) is 9.84 Å². The number of nitrogens with zero attached hydrogens (tertiary/aromatic N) is 1. The molecule has 6 heteroatoms. The van der Waals surface area contributed by atoms with E-state index in [1.165, 1.54) is 6.92 Å². The van der Waals surface area contributed by atoms with Gasteiger partial charge >= 0.3 is 0 Å². The Morgan fingerprint density at radius 3 is 2.50 bits per heavy atom. The van der Waals surface area contributed by atoms with Gasteiger partial charge in [0.05, 0.1) is 11.5 Å². The predicted molar refractivity (Wildman–Crippen MR) is 79.3 cm³/mol. The monoisotopic (exact) mass is 296 g/mol. The molecule has 1 fully saturated rings. The number of hydrogen-bond donors (Lipinski definition) is 1. The lowest BCUT2D eigenvalue weighted by Gasteiger charge is -2.23. The van der Waals surface area contributed by atoms with E-state index in [0.717, 1.165) is 11.3 Å². The SMILES string of the molecule is CC(=O)Nc1ccc(CN(C)C2CCS(=O)(=O)C2)cc1. The van der Waals surface area contributed by atoms with Crippen molar-refractivity contribution in [1.29, 1.82) is 0 Å². The minimum absolute atomic E-state index is 0.0916. The Morgan fingerprint density at radius 1 is 1.35 bits per heavy atom. The van der Waals surface area contributed by atoms with E-state index in [4.69, 9.17) is 0 Å². The molecule has 20 heavy (non-hydrogen) atoms. The number of amides is 1. The third kappa shape index (κ3) is 4.05. The summed E-state index contributed by atoms with van der Waals surface area (Å²) in [5, 5.41) is 2.72. The highest BCUT2D eigenvalue weighted by atomic mass is 32.2. The average molecular weight is 296 g/mol. The molecule has 1 aromatic rings. The van der Waals surface area contributed by atoms with E-state index in [9.17, 15) is 13.2 Å². The number of hydrogen-bond acceptors (Lipinski definition) is 4. The van der Waals surface area contributed by atoms with Crippen LogP contribution >= 0.6 is 0 Å². The van der Waals surface area contributed by atoms with Gasteiger partial charge in [0.2, 0.25) is 5.91 Å². The van der Waals surface area contributed by atoms with Gasteiger partial charge in [0.25, 0.3) is 0 Å². The third-order valence-electron chi connectivity index (χ3n) is 3.54. The number of benzene rings is 1. The molecule has 0 radical (unpaired) electrons. The summed E-state index contributed by atoms with van der Waals surface area (Å²) in [6.07, 6.45) is 0.711. The van der Waals surface area contributed by atoms with E-state index < -0.39 is 9.84 Å². The van der Waals surface area contributed by atoms with Gasteiger partial charge in [-0.05, 0) is 31.2 Å². The molecule has 110 valence electrons. The van der Waals surface area contributed by atoms with E-state index in [-0.39, 0.29) is 17.7 Å². The van der Waals surface area contributed by atoms with Gasteiger partial charge in [0, 0.05) is 25.2 Å². The Kier molecular flexibility index (Phi) is 4.45. The zero-order chi connectivity index (χ0) is 14.8. The van der Waals surface area contributed by atoms with Crippen LogP contribution in [0, 0.1) is 0 Å². The van der Waals surface area contributed by atoms with Crippen LogP contribution in [0.3, 0.4) is 0 Å². The predicted octanol–water partition coefficient (Wildman–Crippen LogP) is 1.26. The molecule has 1 aliphatic heterocycles. The van der Waals surface area contributed by atoms with Crippen molar-refractivity contribution in [2.45, 2.75) is 25.9 Å². The maximum Gasteiger partial charge on any atom is 0.221 e. The van der Waals surface area contributed by atoms with Crippen LogP contribution < -0.4 is 5.32 Å². The second-order valence-electron chi connectivity index (χ2n) is 5.35. The van der Waals surface area contributed by atoms with Crippen molar-refractivity contribution in [3.8, 4) is 0 Å². The Balaban J connectivity index is 1.94. The molecule has 2 rings (SSSR count). The summed E-state index contributed by atoms with van der Waals surface area (Å²) < 4.78 is 23.0. The fraction of sp³-hybridized carbons (Fsp3) is 0.500. The number of sulfone groups is 1. The Bertz CT molecular complexity index is 581. The van der Waals surface area contributed by atoms with Crippen molar-refractivity contribution in [3.63, 3.8) is 0 Å². The Morgan fingerprint density at radius 2 is 2.00 bits per heavy atom. The molecule has 0 aliphatic carbocycles. The van der Waals surface area contributed by atoms with Crippen molar-refractivity contribution in [2.75, 3.05) is 23.9 Å². The summed E-state index contributed by atoms with van der Waals surface area (Å²) in [7, 11) is -0.890. The zero-order valence-corrected chi connectivity index (χ0v) is 12.6. The van der Waals surface area contributed by atoms with Gasteiger partial charge < -0.3 is 5.32 Å². The number of carbonyl (C=O) groups is 1. The van der Waals surface area contributed by atoms with E-state index >= 15 is 0 Å². The van der Waals surface area contributed by atoms with Crippen LogP contribution in [0.25, 0.3) is 0 Å². The van der Waals surface area contributed by atoms with Crippen LogP contribution in [0.2, 0.25) is 0 Å². The number of nitrogens with one attached hydrogen (secondary N) is 1. The molecular weight excluding hydrogens is 276 g/mol. The van der Waals surface area contributed by atoms with Crippen molar-refractivity contribution in [2.24, 2.45) is 0 Å². The molecule has 1 aliphatic rings. The van der Waals surface area contributed by atoms with E-state index in [1.807, 2.05) is 31.3 Å². The fourth-order valence-corrected chi connectivity index (χ4v) is 4.24. The first-order chi connectivity index (χ1) is 9.35. The minimum Gasteiger partial charge on any atom is -0.326 e. The van der Waals surface area contributed by atoms with Gasteiger partial charge in [-0.1, -0.05) is 12.1 Å². The highest BCUT2D eigenvalue weighted by Gasteiger charge is 2.30. The summed E-state index contributed by atoms with van der Waals surface area (Å²) in [5.41, 5.74) is 1.87. The summed E-state index contributed by atoms with van der Waals surface area (Å²) in [4.78, 5) is 13.0. The van der Waals surface area contributed by atoms with Crippen molar-refractivity contribution < 1.29 is 13.2 Å². The molecule has 0 bridgehead atoms. The zero-order valence-electron chi connectivity index (χ0n) is 11.8. The molecule has 1 saturated heterocycles. The van der Waals surface area contributed by atoms with Gasteiger partial charge in [0.1, 0.15) is 0 Å². The van der Waals surface area contributed by atoms with Crippen LogP contribution in [-0.2, 0) is 21.2 Å². The molecule has 1 amide bonds. The molecular formula is C14H20N2O3S. The molecule has 5 nitrogen and oxygen atoms in total. The number of rotatable bonds is 4. The van der Waals surface area contributed by atoms with Crippen molar-refractivity contribution in [1.82, 2.24) is 4.90 Å². The van der Waals surface area contributed by atoms with Gasteiger partial charge in [-0.15, -0.1) is 0 Å². The molecule has 0 aromatic heterocycles. The lowest BCUT2D eigenvalue weighted by Crippen LogP contribution is -2.32. The van der Waals surface area contributed by atoms with Crippen LogP contribution in [0.15, 0.2) is 24.3 Å². The van der Waals surface area contributed by atoms with Crippen LogP contribution in [0.5, 0.6) is 0 Å². The largest absolute Gasteiger partial charge is 0.326 e. The second kappa shape index (κ2) is 5.93. The molecule has 0 saturated carbocycles. The van der Waals surface area contributed by atoms with Crippen LogP contribution in [0.1, 0.15) is 18.9 Å². The quantitative estimate of drug-likeness (QED) is 0.908. The van der Waals surface area contributed by atoms with Crippen LogP contribution in [0.4, 0.5) is 5.69 Å².